The summed E-state index contributed by atoms with van der Waals surface area (Å²) in [5, 5.41) is 3.17. The Morgan fingerprint density at radius 1 is 0.929 bits per heavy atom. The molecule has 42 heavy (non-hydrogen) atoms. The summed E-state index contributed by atoms with van der Waals surface area (Å²) in [5.41, 5.74) is 2.18. The van der Waals surface area contributed by atoms with Crippen LogP contribution in [-0.4, -0.2) is 50.9 Å². The average Bonchev–Trinajstić information content (AvgIpc) is 3.01. The quantitative estimate of drug-likeness (QED) is 0.302. The first-order chi connectivity index (χ1) is 20.2. The zero-order chi connectivity index (χ0) is 30.1. The first kappa shape index (κ1) is 31.1. The molecule has 1 atom stereocenters. The van der Waals surface area contributed by atoms with Crippen LogP contribution in [-0.2, 0) is 26.2 Å². The largest absolute Gasteiger partial charge is 0.497 e. The highest BCUT2D eigenvalue weighted by atomic mass is 32.2. The fourth-order valence-corrected chi connectivity index (χ4v) is 6.77. The van der Waals surface area contributed by atoms with Crippen LogP contribution in [0, 0.1) is 6.92 Å². The van der Waals surface area contributed by atoms with Crippen LogP contribution in [0.25, 0.3) is 0 Å². The molecule has 9 heteroatoms. The first-order valence-electron chi connectivity index (χ1n) is 14.6. The standard InChI is InChI=1S/C33H41N3O5S/c1-4-31(33(38)34-27-13-9-6-10-14-27)35(23-26-11-7-5-8-12-26)32(37)24-36(28-17-15-25(2)16-18-28)42(39,40)30-21-19-29(41-3)20-22-30/h5,7-8,11-12,15-22,27,31H,4,6,9-10,13-14,23-24H2,1-3H3,(H,34,38). The van der Waals surface area contributed by atoms with Gasteiger partial charge in [0.05, 0.1) is 17.7 Å². The summed E-state index contributed by atoms with van der Waals surface area (Å²) in [5.74, 6) is -0.133. The number of anilines is 1. The number of methoxy groups -OCH3 is 1. The van der Waals surface area contributed by atoms with E-state index < -0.39 is 28.5 Å². The maximum Gasteiger partial charge on any atom is 0.264 e. The van der Waals surface area contributed by atoms with Gasteiger partial charge in [-0.05, 0) is 68.1 Å². The van der Waals surface area contributed by atoms with Crippen molar-refractivity contribution in [2.45, 2.75) is 75.9 Å². The molecule has 1 saturated carbocycles. The van der Waals surface area contributed by atoms with Crippen LogP contribution >= 0.6 is 0 Å². The molecular formula is C33H41N3O5S. The van der Waals surface area contributed by atoms with Crippen LogP contribution in [0.4, 0.5) is 5.69 Å². The van der Waals surface area contributed by atoms with E-state index in [9.17, 15) is 18.0 Å². The smallest absolute Gasteiger partial charge is 0.264 e. The topological polar surface area (TPSA) is 96.0 Å². The van der Waals surface area contributed by atoms with Gasteiger partial charge in [-0.2, -0.15) is 0 Å². The van der Waals surface area contributed by atoms with Gasteiger partial charge in [-0.15, -0.1) is 0 Å². The number of hydrogen-bond acceptors (Lipinski definition) is 5. The Labute approximate surface area is 249 Å². The van der Waals surface area contributed by atoms with E-state index in [1.165, 1.54) is 30.6 Å². The number of rotatable bonds is 12. The number of sulfonamides is 1. The van der Waals surface area contributed by atoms with Crippen molar-refractivity contribution in [1.29, 1.82) is 0 Å². The van der Waals surface area contributed by atoms with Crippen molar-refractivity contribution in [2.24, 2.45) is 0 Å². The van der Waals surface area contributed by atoms with Crippen molar-refractivity contribution in [3.63, 3.8) is 0 Å². The van der Waals surface area contributed by atoms with E-state index in [4.69, 9.17) is 4.74 Å². The molecule has 3 aromatic rings. The fourth-order valence-electron chi connectivity index (χ4n) is 5.36. The van der Waals surface area contributed by atoms with Crippen LogP contribution in [0.3, 0.4) is 0 Å². The second-order valence-electron chi connectivity index (χ2n) is 10.8. The summed E-state index contributed by atoms with van der Waals surface area (Å²) in [4.78, 5) is 29.4. The number of hydrogen-bond donors (Lipinski definition) is 1. The zero-order valence-electron chi connectivity index (χ0n) is 24.7. The number of carbonyl (C=O) groups excluding carboxylic acids is 2. The Balaban J connectivity index is 1.68. The van der Waals surface area contributed by atoms with Crippen LogP contribution in [0.15, 0.2) is 83.8 Å². The molecule has 0 bridgehead atoms. The number of amides is 2. The lowest BCUT2D eigenvalue weighted by molar-refractivity contribution is -0.140. The van der Waals surface area contributed by atoms with E-state index >= 15 is 0 Å². The summed E-state index contributed by atoms with van der Waals surface area (Å²) in [7, 11) is -2.63. The Kier molecular flexibility index (Phi) is 10.6. The monoisotopic (exact) mass is 591 g/mol. The van der Waals surface area contributed by atoms with Crippen molar-refractivity contribution in [2.75, 3.05) is 18.0 Å². The Morgan fingerprint density at radius 2 is 1.57 bits per heavy atom. The van der Waals surface area contributed by atoms with Gasteiger partial charge in [-0.3, -0.25) is 13.9 Å². The van der Waals surface area contributed by atoms with Gasteiger partial charge >= 0.3 is 0 Å². The molecule has 0 saturated heterocycles. The molecule has 1 unspecified atom stereocenters. The molecule has 0 heterocycles. The second kappa shape index (κ2) is 14.4. The van der Waals surface area contributed by atoms with Gasteiger partial charge in [0.25, 0.3) is 10.0 Å². The molecule has 8 nitrogen and oxygen atoms in total. The third kappa shape index (κ3) is 7.70. The second-order valence-corrected chi connectivity index (χ2v) is 12.7. The lowest BCUT2D eigenvalue weighted by Crippen LogP contribution is -2.54. The number of nitrogens with zero attached hydrogens (tertiary/aromatic N) is 2. The van der Waals surface area contributed by atoms with Crippen molar-refractivity contribution >= 4 is 27.5 Å². The minimum Gasteiger partial charge on any atom is -0.497 e. The van der Waals surface area contributed by atoms with Crippen LogP contribution < -0.4 is 14.4 Å². The molecule has 2 amide bonds. The SMILES string of the molecule is CCC(C(=O)NC1CCCCC1)N(Cc1ccccc1)C(=O)CN(c1ccc(C)cc1)S(=O)(=O)c1ccc(OC)cc1. The van der Waals surface area contributed by atoms with Crippen molar-refractivity contribution in [3.05, 3.63) is 90.0 Å². The molecule has 224 valence electrons. The Hall–Kier alpha value is -3.85. The van der Waals surface area contributed by atoms with Crippen molar-refractivity contribution < 1.29 is 22.7 Å². The maximum atomic E-state index is 14.2. The number of carbonyl (C=O) groups is 2. The summed E-state index contributed by atoms with van der Waals surface area (Å²) >= 11 is 0. The highest BCUT2D eigenvalue weighted by Gasteiger charge is 2.34. The molecule has 3 aromatic carbocycles. The van der Waals surface area contributed by atoms with E-state index in [1.54, 1.807) is 24.3 Å². The molecule has 0 aliphatic heterocycles. The molecule has 0 radical (unpaired) electrons. The van der Waals surface area contributed by atoms with Gasteiger partial charge < -0.3 is 15.0 Å². The predicted octanol–water partition coefficient (Wildman–Crippen LogP) is 5.46. The third-order valence-electron chi connectivity index (χ3n) is 7.78. The number of nitrogens with one attached hydrogen (secondary N) is 1. The highest BCUT2D eigenvalue weighted by molar-refractivity contribution is 7.92. The fraction of sp³-hybridized carbons (Fsp3) is 0.394. The maximum absolute atomic E-state index is 14.2. The summed E-state index contributed by atoms with van der Waals surface area (Å²) in [6.07, 6.45) is 5.56. The van der Waals surface area contributed by atoms with E-state index in [1.807, 2.05) is 56.3 Å². The van der Waals surface area contributed by atoms with E-state index in [0.717, 1.165) is 41.1 Å². The lowest BCUT2D eigenvalue weighted by Gasteiger charge is -2.34. The highest BCUT2D eigenvalue weighted by Crippen LogP contribution is 2.27. The summed E-state index contributed by atoms with van der Waals surface area (Å²) < 4.78 is 34.3. The Bertz CT molecular complexity index is 1420. The van der Waals surface area contributed by atoms with Gasteiger partial charge in [-0.1, -0.05) is 74.2 Å². The minimum atomic E-state index is -4.14. The zero-order valence-corrected chi connectivity index (χ0v) is 25.5. The van der Waals surface area contributed by atoms with Crippen molar-refractivity contribution in [1.82, 2.24) is 10.2 Å². The molecular weight excluding hydrogens is 550 g/mol. The van der Waals surface area contributed by atoms with E-state index in [-0.39, 0.29) is 23.4 Å². The molecule has 0 spiro atoms. The minimum absolute atomic E-state index is 0.0355. The van der Waals surface area contributed by atoms with E-state index in [0.29, 0.717) is 17.9 Å². The normalized spacial score (nSPS) is 14.5. The van der Waals surface area contributed by atoms with Crippen LogP contribution in [0.5, 0.6) is 5.75 Å². The molecule has 1 aliphatic rings. The molecule has 1 fully saturated rings. The third-order valence-corrected chi connectivity index (χ3v) is 9.57. The van der Waals surface area contributed by atoms with Gasteiger partial charge in [0, 0.05) is 12.6 Å². The number of benzene rings is 3. The first-order valence-corrected chi connectivity index (χ1v) is 16.0. The average molecular weight is 592 g/mol. The van der Waals surface area contributed by atoms with Crippen LogP contribution in [0.1, 0.15) is 56.6 Å². The molecule has 0 aromatic heterocycles. The molecule has 1 aliphatic carbocycles. The Morgan fingerprint density at radius 3 is 2.17 bits per heavy atom. The van der Waals surface area contributed by atoms with Crippen LogP contribution in [0.2, 0.25) is 0 Å². The van der Waals surface area contributed by atoms with Gasteiger partial charge in [-0.25, -0.2) is 8.42 Å². The molecule has 4 rings (SSSR count). The predicted molar refractivity (Wildman–Crippen MR) is 165 cm³/mol. The number of ether oxygens (including phenoxy) is 1. The van der Waals surface area contributed by atoms with E-state index in [2.05, 4.69) is 5.32 Å². The summed E-state index contributed by atoms with van der Waals surface area (Å²) in [6.45, 7) is 3.51. The van der Waals surface area contributed by atoms with Crippen molar-refractivity contribution in [3.8, 4) is 5.75 Å². The van der Waals surface area contributed by atoms with Gasteiger partial charge in [0.1, 0.15) is 18.3 Å². The molecule has 1 N–H and O–H groups in total. The lowest BCUT2D eigenvalue weighted by atomic mass is 9.95. The number of aryl methyl sites for hydroxylation is 1. The van der Waals surface area contributed by atoms with Gasteiger partial charge in [0.2, 0.25) is 11.8 Å². The summed E-state index contributed by atoms with van der Waals surface area (Å²) in [6, 6.07) is 21.9. The van der Waals surface area contributed by atoms with Gasteiger partial charge in [0.15, 0.2) is 0 Å².